The number of carbonyl (C=O) groups excluding carboxylic acids is 3. The fraction of sp³-hybridized carbons (Fsp3) is 0.238. The van der Waals surface area contributed by atoms with Crippen LogP contribution in [-0.2, 0) is 9.59 Å². The summed E-state index contributed by atoms with van der Waals surface area (Å²) in [6.45, 7) is 1.62. The molecule has 0 radical (unpaired) electrons. The van der Waals surface area contributed by atoms with E-state index in [0.717, 1.165) is 0 Å². The molecule has 9 heteroatoms. The summed E-state index contributed by atoms with van der Waals surface area (Å²) in [6, 6.07) is 12.0. The van der Waals surface area contributed by atoms with E-state index in [0.29, 0.717) is 40.8 Å². The average Bonchev–Trinajstić information content (AvgIpc) is 3.24. The average molecular weight is 405 g/mol. The SMILES string of the molecule is C[C@@]12CCC(=O)N1c1ccccc1C(=O)N2CC(=O)Nc1ccc2[nH]c(=O)[nH]c2c1. The predicted octanol–water partition coefficient (Wildman–Crippen LogP) is 1.79. The third-order valence-corrected chi connectivity index (χ3v) is 5.85. The maximum absolute atomic E-state index is 13.2. The Balaban J connectivity index is 1.44. The lowest BCUT2D eigenvalue weighted by Gasteiger charge is -2.48. The molecule has 2 aliphatic rings. The van der Waals surface area contributed by atoms with Gasteiger partial charge in [-0.3, -0.25) is 19.3 Å². The molecule has 0 aliphatic carbocycles. The zero-order chi connectivity index (χ0) is 21.0. The van der Waals surface area contributed by atoms with Crippen LogP contribution in [0.15, 0.2) is 47.3 Å². The van der Waals surface area contributed by atoms with Crippen LogP contribution in [0.25, 0.3) is 11.0 Å². The number of rotatable bonds is 3. The van der Waals surface area contributed by atoms with Crippen LogP contribution in [0.5, 0.6) is 0 Å². The molecule has 1 saturated heterocycles. The lowest BCUT2D eigenvalue weighted by atomic mass is 9.98. The molecule has 3 aromatic rings. The van der Waals surface area contributed by atoms with Gasteiger partial charge >= 0.3 is 5.69 Å². The molecule has 3 heterocycles. The van der Waals surface area contributed by atoms with Gasteiger partial charge in [-0.15, -0.1) is 0 Å². The molecular formula is C21H19N5O4. The van der Waals surface area contributed by atoms with Crippen LogP contribution in [0.1, 0.15) is 30.1 Å². The van der Waals surface area contributed by atoms with E-state index >= 15 is 0 Å². The van der Waals surface area contributed by atoms with Gasteiger partial charge in [-0.05, 0) is 43.7 Å². The van der Waals surface area contributed by atoms with Gasteiger partial charge in [0.1, 0.15) is 12.2 Å². The van der Waals surface area contributed by atoms with E-state index in [1.165, 1.54) is 4.90 Å². The highest BCUT2D eigenvalue weighted by Crippen LogP contribution is 2.43. The maximum Gasteiger partial charge on any atom is 0.323 e. The molecule has 152 valence electrons. The van der Waals surface area contributed by atoms with Crippen molar-refractivity contribution in [3.05, 3.63) is 58.5 Å². The normalized spacial score (nSPS) is 20.4. The zero-order valence-corrected chi connectivity index (χ0v) is 16.2. The predicted molar refractivity (Wildman–Crippen MR) is 110 cm³/mol. The number of benzene rings is 2. The number of carbonyl (C=O) groups is 3. The first-order chi connectivity index (χ1) is 14.4. The molecule has 9 nitrogen and oxygen atoms in total. The molecule has 1 atom stereocenters. The Morgan fingerprint density at radius 3 is 2.70 bits per heavy atom. The van der Waals surface area contributed by atoms with E-state index in [1.807, 2.05) is 6.92 Å². The Hall–Kier alpha value is -3.88. The van der Waals surface area contributed by atoms with E-state index in [1.54, 1.807) is 47.4 Å². The van der Waals surface area contributed by atoms with Gasteiger partial charge in [-0.2, -0.15) is 0 Å². The van der Waals surface area contributed by atoms with Crippen molar-refractivity contribution in [2.45, 2.75) is 25.4 Å². The molecule has 30 heavy (non-hydrogen) atoms. The minimum Gasteiger partial charge on any atom is -0.324 e. The van der Waals surface area contributed by atoms with Crippen molar-refractivity contribution in [3.8, 4) is 0 Å². The van der Waals surface area contributed by atoms with Crippen LogP contribution >= 0.6 is 0 Å². The highest BCUT2D eigenvalue weighted by molar-refractivity contribution is 6.11. The first-order valence-corrected chi connectivity index (χ1v) is 9.63. The van der Waals surface area contributed by atoms with Crippen molar-refractivity contribution in [3.63, 3.8) is 0 Å². The van der Waals surface area contributed by atoms with Gasteiger partial charge in [0.05, 0.1) is 22.3 Å². The van der Waals surface area contributed by atoms with E-state index in [4.69, 9.17) is 0 Å². The van der Waals surface area contributed by atoms with Crippen LogP contribution in [0.3, 0.4) is 0 Å². The minimum absolute atomic E-state index is 0.0651. The topological polar surface area (TPSA) is 118 Å². The van der Waals surface area contributed by atoms with Gasteiger partial charge < -0.3 is 20.2 Å². The van der Waals surface area contributed by atoms with Gasteiger partial charge in [0, 0.05) is 12.1 Å². The van der Waals surface area contributed by atoms with Gasteiger partial charge in [-0.1, -0.05) is 12.1 Å². The van der Waals surface area contributed by atoms with Crippen molar-refractivity contribution >= 4 is 40.1 Å². The highest BCUT2D eigenvalue weighted by atomic mass is 16.2. The largest absolute Gasteiger partial charge is 0.324 e. The molecule has 5 rings (SSSR count). The number of nitrogens with one attached hydrogen (secondary N) is 3. The molecule has 0 saturated carbocycles. The second-order valence-corrected chi connectivity index (χ2v) is 7.74. The number of para-hydroxylation sites is 1. The van der Waals surface area contributed by atoms with Crippen LogP contribution in [0.2, 0.25) is 0 Å². The quantitative estimate of drug-likeness (QED) is 0.616. The summed E-state index contributed by atoms with van der Waals surface area (Å²) in [7, 11) is 0. The van der Waals surface area contributed by atoms with E-state index in [2.05, 4.69) is 15.3 Å². The summed E-state index contributed by atoms with van der Waals surface area (Å²) >= 11 is 0. The van der Waals surface area contributed by atoms with Crippen molar-refractivity contribution in [2.24, 2.45) is 0 Å². The first-order valence-electron chi connectivity index (χ1n) is 9.63. The van der Waals surface area contributed by atoms with Crippen LogP contribution in [0.4, 0.5) is 11.4 Å². The molecule has 2 aliphatic heterocycles. The number of H-pyrrole nitrogens is 2. The maximum atomic E-state index is 13.2. The molecule has 2 aromatic carbocycles. The number of hydrogen-bond acceptors (Lipinski definition) is 4. The number of fused-ring (bicyclic) bond motifs is 4. The number of hydrogen-bond donors (Lipinski definition) is 3. The third-order valence-electron chi connectivity index (χ3n) is 5.85. The number of aromatic nitrogens is 2. The molecule has 1 fully saturated rings. The fourth-order valence-corrected chi connectivity index (χ4v) is 4.40. The van der Waals surface area contributed by atoms with Crippen LogP contribution in [-0.4, -0.2) is 44.8 Å². The van der Waals surface area contributed by atoms with Crippen LogP contribution in [0, 0.1) is 0 Å². The minimum atomic E-state index is -0.893. The number of imidazole rings is 1. The van der Waals surface area contributed by atoms with Crippen molar-refractivity contribution in [1.82, 2.24) is 14.9 Å². The van der Waals surface area contributed by atoms with Gasteiger partial charge in [0.25, 0.3) is 5.91 Å². The lowest BCUT2D eigenvalue weighted by Crippen LogP contribution is -2.63. The standard InChI is InChI=1S/C21H19N5O4/c1-21-9-8-18(28)26(21)16-5-3-2-4-13(16)19(29)25(21)11-17(27)22-12-6-7-14-15(10-12)24-20(30)23-14/h2-7,10H,8-9,11H2,1H3,(H,22,27)(H2,23,24,30)/t21-/m0/s1. The summed E-state index contributed by atoms with van der Waals surface area (Å²) in [6.07, 6.45) is 0.767. The Morgan fingerprint density at radius 1 is 1.10 bits per heavy atom. The van der Waals surface area contributed by atoms with E-state index in [9.17, 15) is 19.2 Å². The van der Waals surface area contributed by atoms with Crippen molar-refractivity contribution in [2.75, 3.05) is 16.8 Å². The van der Waals surface area contributed by atoms with Crippen molar-refractivity contribution < 1.29 is 14.4 Å². The number of aromatic amines is 2. The lowest BCUT2D eigenvalue weighted by molar-refractivity contribution is -0.120. The molecule has 0 bridgehead atoms. The molecule has 1 aromatic heterocycles. The van der Waals surface area contributed by atoms with E-state index in [-0.39, 0.29) is 30.0 Å². The first kappa shape index (κ1) is 18.2. The summed E-state index contributed by atoms with van der Waals surface area (Å²) in [5.74, 6) is -0.732. The monoisotopic (exact) mass is 405 g/mol. The molecule has 0 spiro atoms. The number of amides is 3. The molecule has 3 amide bonds. The summed E-state index contributed by atoms with van der Waals surface area (Å²) in [5, 5.41) is 2.77. The number of nitrogens with zero attached hydrogens (tertiary/aromatic N) is 2. The number of anilines is 2. The molecule has 0 unspecified atom stereocenters. The third kappa shape index (κ3) is 2.62. The Morgan fingerprint density at radius 2 is 1.87 bits per heavy atom. The second-order valence-electron chi connectivity index (χ2n) is 7.74. The zero-order valence-electron chi connectivity index (χ0n) is 16.2. The molecular weight excluding hydrogens is 386 g/mol. The summed E-state index contributed by atoms with van der Waals surface area (Å²) < 4.78 is 0. The smallest absolute Gasteiger partial charge is 0.323 e. The Labute approximate surface area is 170 Å². The molecule has 3 N–H and O–H groups in total. The van der Waals surface area contributed by atoms with E-state index < -0.39 is 5.66 Å². The Kier molecular flexibility index (Phi) is 3.82. The van der Waals surface area contributed by atoms with Gasteiger partial charge in [0.2, 0.25) is 11.8 Å². The van der Waals surface area contributed by atoms with Crippen LogP contribution < -0.4 is 15.9 Å². The Bertz CT molecular complexity index is 1280. The fourth-order valence-electron chi connectivity index (χ4n) is 4.40. The summed E-state index contributed by atoms with van der Waals surface area (Å²) in [4.78, 5) is 58.4. The second kappa shape index (κ2) is 6.31. The van der Waals surface area contributed by atoms with Crippen molar-refractivity contribution in [1.29, 1.82) is 0 Å². The van der Waals surface area contributed by atoms with Gasteiger partial charge in [-0.25, -0.2) is 4.79 Å². The summed E-state index contributed by atoms with van der Waals surface area (Å²) in [5.41, 5.74) is 1.47. The van der Waals surface area contributed by atoms with Gasteiger partial charge in [0.15, 0.2) is 0 Å². The highest BCUT2D eigenvalue weighted by Gasteiger charge is 2.53.